The summed E-state index contributed by atoms with van der Waals surface area (Å²) in [6, 6.07) is 27.3. The largest absolute Gasteiger partial charge is 0.375 e. The van der Waals surface area contributed by atoms with Crippen molar-refractivity contribution in [1.29, 1.82) is 0 Å². The first-order valence-corrected chi connectivity index (χ1v) is 10.3. The second-order valence-corrected chi connectivity index (χ2v) is 7.62. The zero-order valence-electron chi connectivity index (χ0n) is 17.7. The molecule has 0 fully saturated rings. The number of carbonyl (C=O) groups is 1. The number of benzene rings is 3. The van der Waals surface area contributed by atoms with Gasteiger partial charge in [0.25, 0.3) is 0 Å². The number of carbonyl (C=O) groups excluding carboxylic acids is 1. The fraction of sp³-hybridized carbons (Fsp3) is 0.269. The van der Waals surface area contributed by atoms with E-state index in [1.54, 1.807) is 0 Å². The molecule has 2 N–H and O–H groups in total. The Morgan fingerprint density at radius 2 is 1.43 bits per heavy atom. The van der Waals surface area contributed by atoms with Gasteiger partial charge in [-0.15, -0.1) is 0 Å². The predicted octanol–water partition coefficient (Wildman–Crippen LogP) is 4.31. The molecular formula is C26H30N2O2. The quantitative estimate of drug-likeness (QED) is 0.285. The number of aryl methyl sites for hydroxylation is 2. The van der Waals surface area contributed by atoms with Crippen LogP contribution < -0.4 is 10.6 Å². The van der Waals surface area contributed by atoms with Gasteiger partial charge in [-0.25, -0.2) is 0 Å². The molecule has 0 aliphatic carbocycles. The van der Waals surface area contributed by atoms with Crippen LogP contribution in [0.2, 0.25) is 0 Å². The highest BCUT2D eigenvalue weighted by molar-refractivity contribution is 5.45. The maximum atomic E-state index is 10.8. The van der Waals surface area contributed by atoms with Crippen molar-refractivity contribution in [3.05, 3.63) is 107 Å². The van der Waals surface area contributed by atoms with Crippen molar-refractivity contribution in [2.45, 2.75) is 32.4 Å². The molecule has 0 spiro atoms. The van der Waals surface area contributed by atoms with Crippen LogP contribution in [0.25, 0.3) is 0 Å². The van der Waals surface area contributed by atoms with Gasteiger partial charge in [0.2, 0.25) is 6.41 Å². The number of rotatable bonds is 11. The van der Waals surface area contributed by atoms with Gasteiger partial charge >= 0.3 is 0 Å². The Morgan fingerprint density at radius 3 is 1.97 bits per heavy atom. The average molecular weight is 403 g/mol. The molecule has 0 aliphatic rings. The van der Waals surface area contributed by atoms with Gasteiger partial charge in [0, 0.05) is 12.0 Å². The summed E-state index contributed by atoms with van der Waals surface area (Å²) in [5.74, 6) is 0.0973. The van der Waals surface area contributed by atoms with Crippen LogP contribution in [-0.4, -0.2) is 25.7 Å². The smallest absolute Gasteiger partial charge is 0.208 e. The minimum atomic E-state index is -0.00634. The SMILES string of the molecule is Cc1cc(C)cc(COCC(NCNC=O)C(c2ccccc2)c2ccccc2)c1. The molecule has 156 valence electrons. The Bertz CT molecular complexity index is 853. The van der Waals surface area contributed by atoms with E-state index in [2.05, 4.69) is 91.2 Å². The lowest BCUT2D eigenvalue weighted by Crippen LogP contribution is -2.43. The Hall–Kier alpha value is -2.95. The summed E-state index contributed by atoms with van der Waals surface area (Å²) in [5, 5.41) is 6.17. The van der Waals surface area contributed by atoms with Crippen LogP contribution in [0, 0.1) is 13.8 Å². The van der Waals surface area contributed by atoms with Gasteiger partial charge in [0.05, 0.1) is 19.9 Å². The summed E-state index contributed by atoms with van der Waals surface area (Å²) in [5.41, 5.74) is 6.08. The normalized spacial score (nSPS) is 12.0. The molecule has 30 heavy (non-hydrogen) atoms. The van der Waals surface area contributed by atoms with E-state index in [1.165, 1.54) is 27.8 Å². The van der Waals surface area contributed by atoms with E-state index in [0.29, 0.717) is 26.3 Å². The van der Waals surface area contributed by atoms with E-state index in [4.69, 9.17) is 4.74 Å². The minimum Gasteiger partial charge on any atom is -0.375 e. The third kappa shape index (κ3) is 6.28. The number of hydrogen-bond acceptors (Lipinski definition) is 3. The lowest BCUT2D eigenvalue weighted by Gasteiger charge is -2.29. The highest BCUT2D eigenvalue weighted by Crippen LogP contribution is 2.28. The van der Waals surface area contributed by atoms with Gasteiger partial charge in [-0.3, -0.25) is 10.1 Å². The molecule has 1 atom stereocenters. The standard InChI is InChI=1S/C26H30N2O2/c1-20-13-21(2)15-22(14-20)16-30-17-25(28-18-27-19-29)26(23-9-5-3-6-10-23)24-11-7-4-8-12-24/h3-15,19,25-26,28H,16-18H2,1-2H3,(H,27,29). The highest BCUT2D eigenvalue weighted by Gasteiger charge is 2.25. The zero-order valence-corrected chi connectivity index (χ0v) is 17.7. The van der Waals surface area contributed by atoms with Crippen LogP contribution in [0.5, 0.6) is 0 Å². The van der Waals surface area contributed by atoms with Gasteiger partial charge in [0.1, 0.15) is 0 Å². The molecule has 3 rings (SSSR count). The third-order valence-electron chi connectivity index (χ3n) is 5.12. The van der Waals surface area contributed by atoms with Crippen molar-refractivity contribution in [2.24, 2.45) is 0 Å². The Labute approximate surface area is 179 Å². The van der Waals surface area contributed by atoms with Gasteiger partial charge in [-0.2, -0.15) is 0 Å². The first-order valence-electron chi connectivity index (χ1n) is 10.3. The zero-order chi connectivity index (χ0) is 21.2. The molecule has 0 bridgehead atoms. The van der Waals surface area contributed by atoms with Crippen molar-refractivity contribution >= 4 is 6.41 Å². The maximum absolute atomic E-state index is 10.8. The molecule has 1 amide bonds. The topological polar surface area (TPSA) is 50.4 Å². The summed E-state index contributed by atoms with van der Waals surface area (Å²) in [6.45, 7) is 5.66. The Kier molecular flexibility index (Phi) is 8.19. The molecule has 3 aromatic carbocycles. The van der Waals surface area contributed by atoms with E-state index in [-0.39, 0.29) is 12.0 Å². The van der Waals surface area contributed by atoms with Gasteiger partial charge in [0.15, 0.2) is 0 Å². The lowest BCUT2D eigenvalue weighted by atomic mass is 9.85. The molecule has 0 aliphatic heterocycles. The van der Waals surface area contributed by atoms with Crippen LogP contribution >= 0.6 is 0 Å². The van der Waals surface area contributed by atoms with Crippen molar-refractivity contribution in [2.75, 3.05) is 13.3 Å². The van der Waals surface area contributed by atoms with Crippen LogP contribution in [-0.2, 0) is 16.1 Å². The molecule has 0 saturated carbocycles. The summed E-state index contributed by atoms with van der Waals surface area (Å²) >= 11 is 0. The average Bonchev–Trinajstić information content (AvgIpc) is 2.75. The Morgan fingerprint density at radius 1 is 0.867 bits per heavy atom. The second-order valence-electron chi connectivity index (χ2n) is 7.62. The van der Waals surface area contributed by atoms with Crippen LogP contribution in [0.1, 0.15) is 33.7 Å². The molecule has 4 heteroatoms. The summed E-state index contributed by atoms with van der Waals surface area (Å²) in [6.07, 6.45) is 0.709. The molecule has 1 unspecified atom stereocenters. The van der Waals surface area contributed by atoms with Crippen molar-refractivity contribution < 1.29 is 9.53 Å². The molecule has 0 aromatic heterocycles. The fourth-order valence-electron chi connectivity index (χ4n) is 3.94. The first kappa shape index (κ1) is 21.8. The molecule has 0 radical (unpaired) electrons. The lowest BCUT2D eigenvalue weighted by molar-refractivity contribution is -0.109. The number of hydrogen-bond donors (Lipinski definition) is 2. The van der Waals surface area contributed by atoms with E-state index in [1.807, 2.05) is 12.1 Å². The predicted molar refractivity (Wildman–Crippen MR) is 121 cm³/mol. The van der Waals surface area contributed by atoms with Crippen molar-refractivity contribution in [3.8, 4) is 0 Å². The molecule has 0 heterocycles. The summed E-state index contributed by atoms with van der Waals surface area (Å²) in [7, 11) is 0. The van der Waals surface area contributed by atoms with Gasteiger partial charge < -0.3 is 10.1 Å². The van der Waals surface area contributed by atoms with Crippen LogP contribution in [0.3, 0.4) is 0 Å². The van der Waals surface area contributed by atoms with Crippen molar-refractivity contribution in [3.63, 3.8) is 0 Å². The van der Waals surface area contributed by atoms with Crippen LogP contribution in [0.15, 0.2) is 78.9 Å². The molecule has 0 saturated heterocycles. The highest BCUT2D eigenvalue weighted by atomic mass is 16.5. The van der Waals surface area contributed by atoms with E-state index >= 15 is 0 Å². The first-order chi connectivity index (χ1) is 14.7. The van der Waals surface area contributed by atoms with E-state index in [9.17, 15) is 4.79 Å². The number of nitrogens with one attached hydrogen (secondary N) is 2. The van der Waals surface area contributed by atoms with Gasteiger partial charge in [-0.05, 0) is 30.5 Å². The van der Waals surface area contributed by atoms with Crippen molar-refractivity contribution in [1.82, 2.24) is 10.6 Å². The molecular weight excluding hydrogens is 372 g/mol. The maximum Gasteiger partial charge on any atom is 0.208 e. The molecule has 4 nitrogen and oxygen atoms in total. The van der Waals surface area contributed by atoms with Gasteiger partial charge in [-0.1, -0.05) is 90.0 Å². The summed E-state index contributed by atoms with van der Waals surface area (Å²) < 4.78 is 6.17. The van der Waals surface area contributed by atoms with Crippen LogP contribution in [0.4, 0.5) is 0 Å². The number of ether oxygens (including phenoxy) is 1. The third-order valence-corrected chi connectivity index (χ3v) is 5.12. The minimum absolute atomic E-state index is 0.00634. The molecule has 3 aromatic rings. The second kappa shape index (κ2) is 11.3. The van der Waals surface area contributed by atoms with E-state index < -0.39 is 0 Å². The van der Waals surface area contributed by atoms with E-state index in [0.717, 1.165) is 0 Å². The Balaban J connectivity index is 1.80. The fourth-order valence-corrected chi connectivity index (χ4v) is 3.94. The summed E-state index contributed by atoms with van der Waals surface area (Å²) in [4.78, 5) is 10.8. The number of amides is 1. The monoisotopic (exact) mass is 402 g/mol.